The Morgan fingerprint density at radius 1 is 1.50 bits per heavy atom. The van der Waals surface area contributed by atoms with E-state index in [0.717, 1.165) is 11.3 Å². The Balaban J connectivity index is 2.23. The van der Waals surface area contributed by atoms with Crippen molar-refractivity contribution in [2.45, 2.75) is 6.92 Å². The molecule has 0 spiro atoms. The van der Waals surface area contributed by atoms with Crippen molar-refractivity contribution in [1.29, 1.82) is 0 Å². The lowest BCUT2D eigenvalue weighted by molar-refractivity contribution is 0.237. The Morgan fingerprint density at radius 3 is 2.94 bits per heavy atom. The van der Waals surface area contributed by atoms with Gasteiger partial charge in [0.1, 0.15) is 12.4 Å². The number of rotatable bonds is 6. The number of aryl methyl sites for hydroxylation is 1. The van der Waals surface area contributed by atoms with Gasteiger partial charge >= 0.3 is 6.03 Å². The van der Waals surface area contributed by atoms with Crippen molar-refractivity contribution < 1.29 is 9.53 Å². The standard InChI is InChI=1S/C13H17ClN2O2/c1-3-6-15-13(17)16-7-8-18-11-4-5-12(14)10(2)9-11/h3-5,9H,1,6-8H2,2H3,(H2,15,16,17). The molecule has 0 fully saturated rings. The van der Waals surface area contributed by atoms with Gasteiger partial charge in [-0.15, -0.1) is 6.58 Å². The van der Waals surface area contributed by atoms with Gasteiger partial charge < -0.3 is 15.4 Å². The molecule has 0 aliphatic heterocycles. The van der Waals surface area contributed by atoms with Gasteiger partial charge in [0, 0.05) is 11.6 Å². The molecule has 0 unspecified atom stereocenters. The molecule has 1 aromatic carbocycles. The number of halogens is 1. The topological polar surface area (TPSA) is 50.4 Å². The smallest absolute Gasteiger partial charge is 0.315 e. The first-order valence-corrected chi connectivity index (χ1v) is 6.03. The van der Waals surface area contributed by atoms with Crippen LogP contribution in [0.25, 0.3) is 0 Å². The van der Waals surface area contributed by atoms with Gasteiger partial charge in [0.05, 0.1) is 6.54 Å². The summed E-state index contributed by atoms with van der Waals surface area (Å²) in [5, 5.41) is 5.98. The number of carbonyl (C=O) groups is 1. The van der Waals surface area contributed by atoms with E-state index in [1.165, 1.54) is 0 Å². The Bertz CT molecular complexity index is 421. The second kappa shape index (κ2) is 7.61. The number of hydrogen-bond acceptors (Lipinski definition) is 2. The van der Waals surface area contributed by atoms with E-state index in [0.29, 0.717) is 24.7 Å². The van der Waals surface area contributed by atoms with Crippen LogP contribution in [0.5, 0.6) is 5.75 Å². The summed E-state index contributed by atoms with van der Waals surface area (Å²) in [6.45, 7) is 6.71. The largest absolute Gasteiger partial charge is 0.492 e. The van der Waals surface area contributed by atoms with Crippen molar-refractivity contribution in [3.63, 3.8) is 0 Å². The zero-order valence-electron chi connectivity index (χ0n) is 10.3. The molecule has 98 valence electrons. The molecule has 0 saturated heterocycles. The molecule has 0 aromatic heterocycles. The van der Waals surface area contributed by atoms with Crippen LogP contribution in [-0.2, 0) is 0 Å². The molecule has 0 saturated carbocycles. The molecule has 0 aliphatic rings. The number of benzene rings is 1. The van der Waals surface area contributed by atoms with Crippen molar-refractivity contribution in [1.82, 2.24) is 10.6 Å². The average molecular weight is 269 g/mol. The monoisotopic (exact) mass is 268 g/mol. The molecular weight excluding hydrogens is 252 g/mol. The van der Waals surface area contributed by atoms with E-state index >= 15 is 0 Å². The fraction of sp³-hybridized carbons (Fsp3) is 0.308. The number of carbonyl (C=O) groups excluding carboxylic acids is 1. The predicted octanol–water partition coefficient (Wildman–Crippen LogP) is 2.51. The van der Waals surface area contributed by atoms with Crippen LogP contribution in [0.1, 0.15) is 5.56 Å². The van der Waals surface area contributed by atoms with Gasteiger partial charge in [-0.3, -0.25) is 0 Å². The highest BCUT2D eigenvalue weighted by molar-refractivity contribution is 6.31. The van der Waals surface area contributed by atoms with Crippen molar-refractivity contribution in [3.05, 3.63) is 41.4 Å². The summed E-state index contributed by atoms with van der Waals surface area (Å²) >= 11 is 5.90. The maximum absolute atomic E-state index is 11.2. The quantitative estimate of drug-likeness (QED) is 0.615. The van der Waals surface area contributed by atoms with E-state index in [-0.39, 0.29) is 6.03 Å². The number of amides is 2. The van der Waals surface area contributed by atoms with Crippen LogP contribution >= 0.6 is 11.6 Å². The first-order valence-electron chi connectivity index (χ1n) is 5.65. The van der Waals surface area contributed by atoms with Crippen LogP contribution in [0, 0.1) is 6.92 Å². The Labute approximate surface area is 112 Å². The number of ether oxygens (including phenoxy) is 1. The molecule has 1 aromatic rings. The van der Waals surface area contributed by atoms with Gasteiger partial charge in [0.2, 0.25) is 0 Å². The highest BCUT2D eigenvalue weighted by atomic mass is 35.5. The third-order valence-corrected chi connectivity index (χ3v) is 2.62. The molecule has 2 N–H and O–H groups in total. The summed E-state index contributed by atoms with van der Waals surface area (Å²) < 4.78 is 5.48. The number of nitrogens with one attached hydrogen (secondary N) is 2. The van der Waals surface area contributed by atoms with Crippen molar-refractivity contribution >= 4 is 17.6 Å². The molecule has 4 nitrogen and oxygen atoms in total. The van der Waals surface area contributed by atoms with Crippen LogP contribution in [0.4, 0.5) is 4.79 Å². The highest BCUT2D eigenvalue weighted by Gasteiger charge is 2.00. The van der Waals surface area contributed by atoms with Crippen molar-refractivity contribution in [2.75, 3.05) is 19.7 Å². The lowest BCUT2D eigenvalue weighted by Crippen LogP contribution is -2.37. The van der Waals surface area contributed by atoms with Crippen LogP contribution in [0.15, 0.2) is 30.9 Å². The van der Waals surface area contributed by atoms with Crippen LogP contribution in [0.2, 0.25) is 5.02 Å². The molecular formula is C13H17ClN2O2. The summed E-state index contributed by atoms with van der Waals surface area (Å²) in [5.41, 5.74) is 0.964. The summed E-state index contributed by atoms with van der Waals surface area (Å²) in [7, 11) is 0. The van der Waals surface area contributed by atoms with Crippen molar-refractivity contribution in [2.24, 2.45) is 0 Å². The molecule has 18 heavy (non-hydrogen) atoms. The second-order valence-corrected chi connectivity index (χ2v) is 4.09. The van der Waals surface area contributed by atoms with E-state index < -0.39 is 0 Å². The molecule has 0 bridgehead atoms. The summed E-state index contributed by atoms with van der Waals surface area (Å²) in [4.78, 5) is 11.2. The summed E-state index contributed by atoms with van der Waals surface area (Å²) in [6.07, 6.45) is 1.62. The van der Waals surface area contributed by atoms with Crippen LogP contribution in [-0.4, -0.2) is 25.7 Å². The van der Waals surface area contributed by atoms with E-state index in [9.17, 15) is 4.79 Å². The lowest BCUT2D eigenvalue weighted by atomic mass is 10.2. The van der Waals surface area contributed by atoms with E-state index in [1.807, 2.05) is 13.0 Å². The first-order chi connectivity index (χ1) is 8.63. The minimum atomic E-state index is -0.231. The normalized spacial score (nSPS) is 9.67. The van der Waals surface area contributed by atoms with Crippen LogP contribution in [0.3, 0.4) is 0 Å². The number of urea groups is 1. The minimum Gasteiger partial charge on any atom is -0.492 e. The maximum atomic E-state index is 11.2. The Morgan fingerprint density at radius 2 is 2.28 bits per heavy atom. The van der Waals surface area contributed by atoms with Gasteiger partial charge in [0.15, 0.2) is 0 Å². The molecule has 1 rings (SSSR count). The second-order valence-electron chi connectivity index (χ2n) is 3.68. The third kappa shape index (κ3) is 5.10. The third-order valence-electron chi connectivity index (χ3n) is 2.19. The van der Waals surface area contributed by atoms with Gasteiger partial charge in [0.25, 0.3) is 0 Å². The van der Waals surface area contributed by atoms with E-state index in [4.69, 9.17) is 16.3 Å². The molecule has 0 aliphatic carbocycles. The SMILES string of the molecule is C=CCNC(=O)NCCOc1ccc(Cl)c(C)c1. The average Bonchev–Trinajstić information content (AvgIpc) is 2.36. The zero-order chi connectivity index (χ0) is 13.4. The van der Waals surface area contributed by atoms with Gasteiger partial charge in [-0.1, -0.05) is 17.7 Å². The fourth-order valence-electron chi connectivity index (χ4n) is 1.27. The molecule has 0 heterocycles. The van der Waals surface area contributed by atoms with Gasteiger partial charge in [-0.25, -0.2) is 4.79 Å². The highest BCUT2D eigenvalue weighted by Crippen LogP contribution is 2.20. The summed E-state index contributed by atoms with van der Waals surface area (Å²) in [6, 6.07) is 5.22. The van der Waals surface area contributed by atoms with Gasteiger partial charge in [-0.05, 0) is 30.7 Å². The number of hydrogen-bond donors (Lipinski definition) is 2. The first kappa shape index (κ1) is 14.4. The predicted molar refractivity (Wildman–Crippen MR) is 73.3 cm³/mol. The maximum Gasteiger partial charge on any atom is 0.315 e. The van der Waals surface area contributed by atoms with Gasteiger partial charge in [-0.2, -0.15) is 0 Å². The molecule has 0 atom stereocenters. The van der Waals surface area contributed by atoms with E-state index in [2.05, 4.69) is 17.2 Å². The van der Waals surface area contributed by atoms with Crippen molar-refractivity contribution in [3.8, 4) is 5.75 Å². The molecule has 2 amide bonds. The summed E-state index contributed by atoms with van der Waals surface area (Å²) in [5.74, 6) is 0.741. The molecule has 0 radical (unpaired) electrons. The minimum absolute atomic E-state index is 0.231. The lowest BCUT2D eigenvalue weighted by Gasteiger charge is -2.09. The van der Waals surface area contributed by atoms with E-state index in [1.54, 1.807) is 18.2 Å². The Kier molecular flexibility index (Phi) is 6.08. The van der Waals surface area contributed by atoms with Crippen LogP contribution < -0.4 is 15.4 Å². The molecule has 5 heteroatoms. The fourth-order valence-corrected chi connectivity index (χ4v) is 1.39. The zero-order valence-corrected chi connectivity index (χ0v) is 11.1. The Hall–Kier alpha value is -1.68.